The summed E-state index contributed by atoms with van der Waals surface area (Å²) in [5.74, 6) is 5.37. The lowest BCUT2D eigenvalue weighted by Crippen LogP contribution is -2.19. The number of hydrogen-bond acceptors (Lipinski definition) is 1. The van der Waals surface area contributed by atoms with Gasteiger partial charge >= 0.3 is 5.97 Å². The third kappa shape index (κ3) is 2.53. The summed E-state index contributed by atoms with van der Waals surface area (Å²) >= 11 is 3.32. The van der Waals surface area contributed by atoms with Crippen LogP contribution in [-0.4, -0.2) is 16.4 Å². The van der Waals surface area contributed by atoms with Gasteiger partial charge in [0.1, 0.15) is 0 Å². The van der Waals surface area contributed by atoms with Gasteiger partial charge in [-0.05, 0) is 30.5 Å². The van der Waals surface area contributed by atoms with Crippen molar-refractivity contribution in [2.24, 2.45) is 0 Å². The average Bonchev–Trinajstić information content (AvgIpc) is 3.11. The normalized spacial score (nSPS) is 15.8. The standard InChI is InChI=1S/C14H13BrO2/c15-9-2-1-4-11-5-3-6-12(10-11)14(7-8-14)13(16)17/h3,5-6,10H,2,7-9H2,(H,16,17). The Labute approximate surface area is 109 Å². The molecule has 1 saturated carbocycles. The van der Waals surface area contributed by atoms with Gasteiger partial charge in [-0.15, -0.1) is 0 Å². The molecule has 0 unspecified atom stereocenters. The first kappa shape index (κ1) is 12.2. The first-order valence-corrected chi connectivity index (χ1v) is 6.70. The summed E-state index contributed by atoms with van der Waals surface area (Å²) in [6.45, 7) is 0. The Hall–Kier alpha value is -1.27. The smallest absolute Gasteiger partial charge is 0.314 e. The summed E-state index contributed by atoms with van der Waals surface area (Å²) in [5.41, 5.74) is 1.15. The number of hydrogen-bond donors (Lipinski definition) is 1. The van der Waals surface area contributed by atoms with E-state index in [9.17, 15) is 9.90 Å². The molecule has 1 N–H and O–H groups in total. The summed E-state index contributed by atoms with van der Waals surface area (Å²) in [6, 6.07) is 7.60. The van der Waals surface area contributed by atoms with Crippen molar-refractivity contribution in [2.75, 3.05) is 5.33 Å². The molecule has 0 atom stereocenters. The van der Waals surface area contributed by atoms with Crippen molar-refractivity contribution in [3.05, 3.63) is 35.4 Å². The van der Waals surface area contributed by atoms with Gasteiger partial charge in [0.2, 0.25) is 0 Å². The van der Waals surface area contributed by atoms with Crippen LogP contribution in [0.2, 0.25) is 0 Å². The topological polar surface area (TPSA) is 37.3 Å². The van der Waals surface area contributed by atoms with Crippen molar-refractivity contribution in [1.29, 1.82) is 0 Å². The van der Waals surface area contributed by atoms with Crippen LogP contribution in [0.25, 0.3) is 0 Å². The van der Waals surface area contributed by atoms with Crippen LogP contribution >= 0.6 is 15.9 Å². The maximum absolute atomic E-state index is 11.2. The number of carboxylic acid groups (broad SMARTS) is 1. The third-order valence-corrected chi connectivity index (χ3v) is 3.42. The molecular weight excluding hydrogens is 280 g/mol. The molecule has 88 valence electrons. The lowest BCUT2D eigenvalue weighted by Gasteiger charge is -2.09. The summed E-state index contributed by atoms with van der Waals surface area (Å²) < 4.78 is 0. The summed E-state index contributed by atoms with van der Waals surface area (Å²) in [4.78, 5) is 11.2. The number of halogens is 1. The fraction of sp³-hybridized carbons (Fsp3) is 0.357. The van der Waals surface area contributed by atoms with E-state index in [2.05, 4.69) is 27.8 Å². The monoisotopic (exact) mass is 292 g/mol. The van der Waals surface area contributed by atoms with E-state index in [-0.39, 0.29) is 0 Å². The van der Waals surface area contributed by atoms with Gasteiger partial charge in [0.25, 0.3) is 0 Å². The Morgan fingerprint density at radius 1 is 1.47 bits per heavy atom. The number of carbonyl (C=O) groups is 1. The minimum Gasteiger partial charge on any atom is -0.481 e. The number of aliphatic carboxylic acids is 1. The van der Waals surface area contributed by atoms with Crippen LogP contribution in [0.4, 0.5) is 0 Å². The van der Waals surface area contributed by atoms with Crippen LogP contribution < -0.4 is 0 Å². The van der Waals surface area contributed by atoms with Crippen LogP contribution in [0.3, 0.4) is 0 Å². The molecule has 0 spiro atoms. The van der Waals surface area contributed by atoms with Gasteiger partial charge in [-0.1, -0.05) is 39.9 Å². The van der Waals surface area contributed by atoms with Crippen LogP contribution in [-0.2, 0) is 10.2 Å². The van der Waals surface area contributed by atoms with Gasteiger partial charge in [0.05, 0.1) is 5.41 Å². The lowest BCUT2D eigenvalue weighted by atomic mass is 9.94. The largest absolute Gasteiger partial charge is 0.481 e. The molecular formula is C14H13BrO2. The fourth-order valence-corrected chi connectivity index (χ4v) is 2.06. The van der Waals surface area contributed by atoms with Gasteiger partial charge in [0.15, 0.2) is 0 Å². The summed E-state index contributed by atoms with van der Waals surface area (Å²) in [7, 11) is 0. The predicted molar refractivity (Wildman–Crippen MR) is 70.3 cm³/mol. The van der Waals surface area contributed by atoms with Gasteiger partial charge in [-0.25, -0.2) is 0 Å². The molecule has 17 heavy (non-hydrogen) atoms. The second-order valence-corrected chi connectivity index (χ2v) is 5.00. The third-order valence-electron chi connectivity index (χ3n) is 3.03. The quantitative estimate of drug-likeness (QED) is 0.687. The van der Waals surface area contributed by atoms with Crippen molar-refractivity contribution in [3.8, 4) is 11.8 Å². The molecule has 3 heteroatoms. The molecule has 0 bridgehead atoms. The lowest BCUT2D eigenvalue weighted by molar-refractivity contribution is -0.140. The van der Waals surface area contributed by atoms with Gasteiger partial charge in [-0.3, -0.25) is 4.79 Å². The Kier molecular flexibility index (Phi) is 3.54. The maximum Gasteiger partial charge on any atom is 0.314 e. The van der Waals surface area contributed by atoms with Crippen molar-refractivity contribution in [2.45, 2.75) is 24.7 Å². The molecule has 1 aliphatic rings. The molecule has 1 aromatic carbocycles. The zero-order valence-corrected chi connectivity index (χ0v) is 11.0. The van der Waals surface area contributed by atoms with E-state index in [0.717, 1.165) is 35.7 Å². The number of carboxylic acids is 1. The maximum atomic E-state index is 11.2. The van der Waals surface area contributed by atoms with Crippen LogP contribution in [0, 0.1) is 11.8 Å². The van der Waals surface area contributed by atoms with Gasteiger partial charge in [-0.2, -0.15) is 0 Å². The number of benzene rings is 1. The zero-order chi connectivity index (χ0) is 12.3. The summed E-state index contributed by atoms with van der Waals surface area (Å²) in [5, 5.41) is 10.1. The van der Waals surface area contributed by atoms with Crippen LogP contribution in [0.5, 0.6) is 0 Å². The van der Waals surface area contributed by atoms with E-state index in [1.165, 1.54) is 0 Å². The Bertz CT molecular complexity index is 492. The molecule has 0 aromatic heterocycles. The second kappa shape index (κ2) is 4.93. The molecule has 2 rings (SSSR count). The van der Waals surface area contributed by atoms with Crippen LogP contribution in [0.15, 0.2) is 24.3 Å². The molecule has 0 saturated heterocycles. The molecule has 1 fully saturated rings. The van der Waals surface area contributed by atoms with Crippen molar-refractivity contribution in [3.63, 3.8) is 0 Å². The van der Waals surface area contributed by atoms with Crippen molar-refractivity contribution >= 4 is 21.9 Å². The Balaban J connectivity index is 2.24. The van der Waals surface area contributed by atoms with Gasteiger partial charge in [0, 0.05) is 17.3 Å². The first-order chi connectivity index (χ1) is 8.19. The van der Waals surface area contributed by atoms with E-state index in [1.807, 2.05) is 24.3 Å². The van der Waals surface area contributed by atoms with E-state index in [4.69, 9.17) is 0 Å². The fourth-order valence-electron chi connectivity index (χ4n) is 1.86. The second-order valence-electron chi connectivity index (χ2n) is 4.21. The molecule has 0 aliphatic heterocycles. The first-order valence-electron chi connectivity index (χ1n) is 5.58. The SMILES string of the molecule is O=C(O)C1(c2cccc(C#CCCBr)c2)CC1. The Morgan fingerprint density at radius 3 is 2.82 bits per heavy atom. The number of alkyl halides is 1. The highest BCUT2D eigenvalue weighted by atomic mass is 79.9. The van der Waals surface area contributed by atoms with E-state index >= 15 is 0 Å². The number of rotatable bonds is 3. The summed E-state index contributed by atoms with van der Waals surface area (Å²) in [6.07, 6.45) is 2.27. The highest BCUT2D eigenvalue weighted by Gasteiger charge is 2.51. The van der Waals surface area contributed by atoms with Gasteiger partial charge < -0.3 is 5.11 Å². The molecule has 1 aliphatic carbocycles. The molecule has 0 amide bonds. The minimum absolute atomic E-state index is 0.632. The molecule has 0 heterocycles. The molecule has 2 nitrogen and oxygen atoms in total. The van der Waals surface area contributed by atoms with E-state index in [0.29, 0.717) is 0 Å². The van der Waals surface area contributed by atoms with Crippen molar-refractivity contribution < 1.29 is 9.90 Å². The zero-order valence-electron chi connectivity index (χ0n) is 9.37. The van der Waals surface area contributed by atoms with E-state index < -0.39 is 11.4 Å². The van der Waals surface area contributed by atoms with E-state index in [1.54, 1.807) is 0 Å². The minimum atomic E-state index is -0.719. The Morgan fingerprint density at radius 2 is 2.24 bits per heavy atom. The van der Waals surface area contributed by atoms with Crippen LogP contribution in [0.1, 0.15) is 30.4 Å². The van der Waals surface area contributed by atoms with Crippen molar-refractivity contribution in [1.82, 2.24) is 0 Å². The predicted octanol–water partition coefficient (Wildman–Crippen LogP) is 2.94. The average molecular weight is 293 g/mol. The molecule has 0 radical (unpaired) electrons. The highest BCUT2D eigenvalue weighted by molar-refractivity contribution is 9.09. The molecule has 1 aromatic rings. The highest BCUT2D eigenvalue weighted by Crippen LogP contribution is 2.48.